The Morgan fingerprint density at radius 2 is 0.832 bits per heavy atom. The number of likely N-dealkylation sites (N-methyl/N-ethyl adjacent to an activating group) is 1. The normalized spacial score (nSPS) is 15.1. The highest BCUT2D eigenvalue weighted by Crippen LogP contribution is 2.47. The third-order valence-corrected chi connectivity index (χ3v) is 22.0. The van der Waals surface area contributed by atoms with Crippen LogP contribution in [0.15, 0.2) is 108 Å². The number of phosphoric ester groups is 1. The topological polar surface area (TPSA) is 588 Å². The lowest BCUT2D eigenvalue weighted by atomic mass is 9.81. The van der Waals surface area contributed by atoms with E-state index in [4.69, 9.17) is 23.3 Å². The number of nitrogens with one attached hydrogen (secondary N) is 2. The highest BCUT2D eigenvalue weighted by atomic mass is 31.2. The minimum atomic E-state index is -4.77. The van der Waals surface area contributed by atoms with Crippen LogP contribution in [0.1, 0.15) is 303 Å². The molecule has 3 N–H and O–H groups in total. The zero-order chi connectivity index (χ0) is 102. The Morgan fingerprint density at radius 3 is 1.29 bits per heavy atom. The second kappa shape index (κ2) is 85.4. The first-order chi connectivity index (χ1) is 70.0. The molecule has 2 heterocycles. The predicted octanol–water partition coefficient (Wildman–Crippen LogP) is 18.0. The third-order valence-electron chi connectivity index (χ3n) is 21.0. The van der Waals surface area contributed by atoms with Crippen LogP contribution in [-0.2, 0) is 274 Å². The van der Waals surface area contributed by atoms with Crippen LogP contribution in [0, 0.1) is 0 Å². The van der Waals surface area contributed by atoms with Crippen molar-refractivity contribution >= 4 is 48.8 Å². The fourth-order valence-corrected chi connectivity index (χ4v) is 15.1. The van der Waals surface area contributed by atoms with Gasteiger partial charge in [0.15, 0.2) is 11.8 Å². The summed E-state index contributed by atoms with van der Waals surface area (Å²) >= 11 is 0. The fourth-order valence-electron chi connectivity index (χ4n) is 14.4. The van der Waals surface area contributed by atoms with E-state index in [1.165, 1.54) is 180 Å². The monoisotopic (exact) mass is 2100 g/mol. The van der Waals surface area contributed by atoms with E-state index in [9.17, 15) is 28.6 Å². The van der Waals surface area contributed by atoms with E-state index < -0.39 is 65.0 Å². The molecule has 2 aromatic rings. The number of rotatable bonds is 99. The molecule has 818 valence electrons. The lowest BCUT2D eigenvalue weighted by Gasteiger charge is -2.24. The van der Waals surface area contributed by atoms with Crippen LogP contribution < -0.4 is 15.5 Å². The minimum Gasteiger partial charge on any atom is -0.462 e. The van der Waals surface area contributed by atoms with Crippen LogP contribution in [0.25, 0.3) is 0 Å². The average Bonchev–Trinajstić information content (AvgIpc) is 1.59. The van der Waals surface area contributed by atoms with Crippen LogP contribution >= 0.6 is 7.82 Å². The smallest absolute Gasteiger partial charge is 0.462 e. The summed E-state index contributed by atoms with van der Waals surface area (Å²) < 4.78 is 40.9. The van der Waals surface area contributed by atoms with Gasteiger partial charge in [-0.05, 0) is 128 Å². The molecule has 2 aliphatic heterocycles. The number of hydrogen-bond acceptors (Lipinski definition) is 55. The van der Waals surface area contributed by atoms with Crippen molar-refractivity contribution < 1.29 is 278 Å². The number of benzene rings is 2. The van der Waals surface area contributed by atoms with Gasteiger partial charge in [-0.25, -0.2) is 14.2 Å². The molecule has 1 aliphatic carbocycles. The summed E-state index contributed by atoms with van der Waals surface area (Å²) in [5.41, 5.74) is 9.85. The summed E-state index contributed by atoms with van der Waals surface area (Å²) in [6.45, 7) is 11.6. The zero-order valence-corrected chi connectivity index (χ0v) is 81.5. The van der Waals surface area contributed by atoms with Gasteiger partial charge in [-0.1, -0.05) is 262 Å². The first-order valence-corrected chi connectivity index (χ1v) is 47.9. The Kier molecular flexibility index (Phi) is 75.2. The maximum Gasteiger partial charge on any atom is 0.472 e. The van der Waals surface area contributed by atoms with Gasteiger partial charge < -0.3 is 39.5 Å². The molecule has 59 nitrogen and oxygen atoms in total. The van der Waals surface area contributed by atoms with Crippen molar-refractivity contribution in [2.45, 2.75) is 309 Å². The summed E-state index contributed by atoms with van der Waals surface area (Å²) in [7, 11) is -2.63. The van der Waals surface area contributed by atoms with Crippen molar-refractivity contribution in [2.75, 3.05) is 58.1 Å². The van der Waals surface area contributed by atoms with Crippen molar-refractivity contribution in [3.63, 3.8) is 0 Å². The molecule has 0 fully saturated rings. The molecule has 1 unspecified atom stereocenters. The Bertz CT molecular complexity index is 3820. The molecule has 60 heteroatoms. The molecule has 0 saturated heterocycles. The number of allylic oxidation sites excluding steroid dienone is 8. The largest absolute Gasteiger partial charge is 0.472 e. The van der Waals surface area contributed by atoms with Gasteiger partial charge in [-0.15, -0.1) is 0 Å². The predicted molar refractivity (Wildman–Crippen MR) is 454 cm³/mol. The Labute approximate surface area is 820 Å². The molecule has 2 amide bonds. The van der Waals surface area contributed by atoms with E-state index in [2.05, 4.69) is 369 Å². The van der Waals surface area contributed by atoms with Gasteiger partial charge in [0.05, 0.1) is 18.6 Å². The van der Waals surface area contributed by atoms with Crippen molar-refractivity contribution in [2.24, 2.45) is 0 Å². The number of anilines is 1. The van der Waals surface area contributed by atoms with Crippen LogP contribution in [0.4, 0.5) is 16.2 Å². The van der Waals surface area contributed by atoms with Crippen LogP contribution in [0.5, 0.6) is 0 Å². The van der Waals surface area contributed by atoms with Crippen molar-refractivity contribution in [3.8, 4) is 0 Å². The summed E-state index contributed by atoms with van der Waals surface area (Å²) in [4.78, 5) is 71.7. The average molecular weight is 2100 g/mol. The van der Waals surface area contributed by atoms with E-state index in [1.54, 1.807) is 0 Å². The number of unbranched alkanes of at least 4 members (excludes halogenated alkanes) is 30. The Hall–Kier alpha value is -7.52. The Balaban J connectivity index is 0.701. The Morgan fingerprint density at radius 1 is 0.427 bits per heavy atom. The molecule has 3 aliphatic rings. The second-order valence-corrected chi connectivity index (χ2v) is 33.3. The van der Waals surface area contributed by atoms with E-state index in [1.807, 2.05) is 0 Å². The SMILES string of the molecule is CCCCCCCCCCCCCCCCCC(=O)OC[C@H](COP(=O)(O)OCCNC(=O)OCCOOOOOOOOOOOOOOOOOOOOOOOOOOOOOOOOOOOOOOOOOOOO/C=C\NC(=O)CCCCC[N+]1=C(/C=C/C2=CC(=C/C=C3/N(C)c4ccccc4C3(C)C)/CCC2)C(C)(C)c2ccccc21)OC(=O)CCCCCCCCCCCCCCCCC. The fraction of sp³-hybridized carbons (Fsp3) is 0.675. The van der Waals surface area contributed by atoms with E-state index in [0.717, 1.165) is 96.1 Å². The molecular weight excluding hydrogens is 1960 g/mol. The van der Waals surface area contributed by atoms with Gasteiger partial charge in [0.1, 0.15) is 32.6 Å². The molecule has 5 rings (SSSR count). The first kappa shape index (κ1) is 126. The molecule has 143 heavy (non-hydrogen) atoms. The molecule has 0 saturated carbocycles. The zero-order valence-electron chi connectivity index (χ0n) is 80.6. The van der Waals surface area contributed by atoms with E-state index in [0.29, 0.717) is 19.3 Å². The van der Waals surface area contributed by atoms with Crippen molar-refractivity contribution in [1.29, 1.82) is 0 Å². The van der Waals surface area contributed by atoms with Gasteiger partial charge in [-0.3, -0.25) is 23.4 Å². The summed E-state index contributed by atoms with van der Waals surface area (Å²) in [5, 5.41) is 160. The standard InChI is InChI=1S/C83H131N4O55P/c1-8-10-12-14-16-18-20-22-24-26-28-30-32-34-38-53-79(89)95-67-71(100-80(90)54-39-35-33-31-29-27-25-23-21-19-17-15-13-11-9-2)68-99-143(92,93)98-63-60-85-81(91)94-64-65-97-102-104-106-108-110-112-114-116-118-120-122-124-126-128-130-132-134-136-138-140-142-141-139-137-135-133-131-129-127-125-123-121-119-117-115-113-111-109-107-105-103-101-96-62-59-84-78(88)52-37-36-44-61-87-75-51-43-41-49-73(75)83(5,6)77(87)58-56-70-47-45-46-69(66-70)55-57-76-82(3,4)72-48-40-42-50-74(72)86(76)7/h40-43,48-51,55-59,62,66,71H,8-39,44-47,52-54,60-61,63-65,67-68H2,1-7H3,(H2-,84,85,88,91,92,93)/p+1/b62-59-/t71-/m1/s1. The van der Waals surface area contributed by atoms with Crippen molar-refractivity contribution in [1.82, 2.24) is 10.6 Å². The number of carbonyl (C=O) groups is 4. The molecule has 0 spiro atoms. The van der Waals surface area contributed by atoms with Gasteiger partial charge in [0.25, 0.3) is 0 Å². The molecule has 0 radical (unpaired) electrons. The number of para-hydroxylation sites is 2. The lowest BCUT2D eigenvalue weighted by molar-refractivity contribution is -0.909. The molecule has 0 bridgehead atoms. The number of ether oxygens (including phenoxy) is 3. The number of fused-ring (bicyclic) bond motifs is 2. The first-order valence-electron chi connectivity index (χ1n) is 46.4. The molecule has 2 aromatic carbocycles. The number of hydrogen-bond donors (Lipinski definition) is 3. The number of phosphoric acid groups is 1. The number of esters is 2. The van der Waals surface area contributed by atoms with Gasteiger partial charge in [-0.2, -0.15) is 4.58 Å². The van der Waals surface area contributed by atoms with Gasteiger partial charge in [0.2, 0.25) is 11.6 Å². The molecule has 0 aromatic heterocycles. The summed E-state index contributed by atoms with van der Waals surface area (Å²) in [6.07, 6.45) is 52.5. The number of amides is 2. The summed E-state index contributed by atoms with van der Waals surface area (Å²) in [6, 6.07) is 17.1. The van der Waals surface area contributed by atoms with Crippen LogP contribution in [0.3, 0.4) is 0 Å². The van der Waals surface area contributed by atoms with E-state index in [-0.39, 0.29) is 42.5 Å². The molecule has 2 atom stereocenters. The highest BCUT2D eigenvalue weighted by Gasteiger charge is 2.44. The van der Waals surface area contributed by atoms with Gasteiger partial charge in [0, 0.05) is 251 Å². The lowest BCUT2D eigenvalue weighted by Crippen LogP contribution is -2.30. The van der Waals surface area contributed by atoms with Crippen LogP contribution in [0.2, 0.25) is 0 Å². The van der Waals surface area contributed by atoms with Crippen molar-refractivity contribution in [3.05, 3.63) is 119 Å². The third kappa shape index (κ3) is 63.7. The van der Waals surface area contributed by atoms with Crippen LogP contribution in [-0.4, -0.2) is 98.4 Å². The minimum absolute atomic E-state index is 0.0906. The maximum absolute atomic E-state index is 12.9. The number of alkyl carbamates (subject to hydrolysis) is 1. The number of carbonyl (C=O) groups excluding carboxylic acids is 4. The summed E-state index contributed by atoms with van der Waals surface area (Å²) in [5.74, 6) is -1.33. The van der Waals surface area contributed by atoms with E-state index >= 15 is 0 Å². The maximum atomic E-state index is 12.9. The van der Waals surface area contributed by atoms with Gasteiger partial charge >= 0.3 is 25.9 Å². The number of nitrogens with zero attached hydrogens (tertiary/aromatic N) is 2. The molecular formula is C83H132N4O55P+. The highest BCUT2D eigenvalue weighted by molar-refractivity contribution is 7.47. The quantitative estimate of drug-likeness (QED) is 0.00809. The second-order valence-electron chi connectivity index (χ2n) is 31.9.